The molecule has 0 amide bonds. The molecule has 0 aliphatic rings. The Morgan fingerprint density at radius 3 is 2.30 bits per heavy atom. The summed E-state index contributed by atoms with van der Waals surface area (Å²) >= 11 is 0. The number of carboxylic acids is 1. The molecule has 0 aromatic rings. The summed E-state index contributed by atoms with van der Waals surface area (Å²) in [5.41, 5.74) is -0.852. The van der Waals surface area contributed by atoms with Crippen molar-refractivity contribution in [2.24, 2.45) is 0 Å². The molecule has 0 aromatic carbocycles. The molecule has 0 radical (unpaired) electrons. The second-order valence-corrected chi connectivity index (χ2v) is 3.93. The van der Waals surface area contributed by atoms with Gasteiger partial charge in [0.1, 0.15) is 5.66 Å². The minimum atomic E-state index is -2.04. The van der Waals surface area contributed by atoms with Crippen LogP contribution in [0.1, 0.15) is 6.42 Å². The Morgan fingerprint density at radius 1 is 1.70 bits per heavy atom. The van der Waals surface area contributed by atoms with Crippen LogP contribution in [0.15, 0.2) is 0 Å². The molecule has 0 saturated carbocycles. The fourth-order valence-corrected chi connectivity index (χ4v) is 1.51. The molecule has 0 aromatic heterocycles. The summed E-state index contributed by atoms with van der Waals surface area (Å²) in [4.78, 5) is 10.2. The van der Waals surface area contributed by atoms with Gasteiger partial charge in [-0.05, 0) is 13.1 Å². The van der Waals surface area contributed by atoms with E-state index in [0.29, 0.717) is 0 Å². The summed E-state index contributed by atoms with van der Waals surface area (Å²) in [6.45, 7) is 1.17. The first-order chi connectivity index (χ1) is 4.59. The van der Waals surface area contributed by atoms with Gasteiger partial charge in [-0.1, -0.05) is 0 Å². The van der Waals surface area contributed by atoms with Gasteiger partial charge < -0.3 is 14.8 Å². The maximum atomic E-state index is 10.7. The highest BCUT2D eigenvalue weighted by atomic mass is 31.1. The average Bonchev–Trinajstić information content (AvgIpc) is 1.81. The lowest BCUT2D eigenvalue weighted by Gasteiger charge is -2.05. The van der Waals surface area contributed by atoms with E-state index in [1.165, 1.54) is 6.66 Å². The molecule has 0 fully saturated rings. The largest absolute Gasteiger partial charge is 0.481 e. The van der Waals surface area contributed by atoms with Crippen LogP contribution in [0.5, 0.6) is 0 Å². The third kappa shape index (κ3) is 2.99. The Kier molecular flexibility index (Phi) is 4.32. The van der Waals surface area contributed by atoms with Gasteiger partial charge in [0, 0.05) is 6.61 Å². The van der Waals surface area contributed by atoms with Crippen molar-refractivity contribution < 1.29 is 19.6 Å². The van der Waals surface area contributed by atoms with Gasteiger partial charge in [0.15, 0.2) is 0 Å². The normalized spacial score (nSPS) is 16.2. The first-order valence-electron chi connectivity index (χ1n) is 2.93. The first kappa shape index (κ1) is 9.66. The molecule has 0 saturated heterocycles. The summed E-state index contributed by atoms with van der Waals surface area (Å²) in [6, 6.07) is 0. The van der Waals surface area contributed by atoms with Crippen LogP contribution in [-0.4, -0.2) is 35.1 Å². The second-order valence-electron chi connectivity index (χ2n) is 2.01. The van der Waals surface area contributed by atoms with E-state index in [1.54, 1.807) is 0 Å². The molecule has 2 unspecified atom stereocenters. The number of hydrogen-bond acceptors (Lipinski definition) is 3. The fourth-order valence-electron chi connectivity index (χ4n) is 0.630. The number of aliphatic hydroxyl groups excluding tert-OH is 1. The van der Waals surface area contributed by atoms with Crippen molar-refractivity contribution in [3.05, 3.63) is 0 Å². The van der Waals surface area contributed by atoms with Crippen LogP contribution < -0.4 is 0 Å². The summed E-state index contributed by atoms with van der Waals surface area (Å²) in [6.07, 6.45) is 0.0869. The Labute approximate surface area is 59.7 Å². The fraction of sp³-hybridized carbons (Fsp3) is 0.800. The predicted octanol–water partition coefficient (Wildman–Crippen LogP) is 0.0115. The van der Waals surface area contributed by atoms with Gasteiger partial charge in [0.25, 0.3) is 0 Å². The van der Waals surface area contributed by atoms with Crippen LogP contribution in [0, 0.1) is 0 Å². The Balaban J connectivity index is 3.98. The minimum Gasteiger partial charge on any atom is -0.481 e. The zero-order valence-electron chi connectivity index (χ0n) is 5.70. The van der Waals surface area contributed by atoms with E-state index in [0.717, 1.165) is 0 Å². The van der Waals surface area contributed by atoms with Crippen LogP contribution in [0.25, 0.3) is 0 Å². The molecule has 0 aliphatic heterocycles. The van der Waals surface area contributed by atoms with Crippen molar-refractivity contribution >= 4 is 13.8 Å². The summed E-state index contributed by atoms with van der Waals surface area (Å²) in [5.74, 6) is -1.08. The molecule has 0 aliphatic carbocycles. The van der Waals surface area contributed by atoms with E-state index in [9.17, 15) is 9.36 Å². The van der Waals surface area contributed by atoms with E-state index < -0.39 is 19.4 Å². The summed E-state index contributed by atoms with van der Waals surface area (Å²) in [5, 5.41) is 16.7. The lowest BCUT2D eigenvalue weighted by molar-refractivity contribution is -0.136. The van der Waals surface area contributed by atoms with Gasteiger partial charge in [0.2, 0.25) is 0 Å². The third-order valence-electron chi connectivity index (χ3n) is 1.21. The van der Waals surface area contributed by atoms with Gasteiger partial charge in [-0.15, -0.1) is 0 Å². The summed E-state index contributed by atoms with van der Waals surface area (Å²) in [7, 11) is -2.04. The molecule has 0 heterocycles. The molecule has 4 nitrogen and oxygen atoms in total. The highest BCUT2D eigenvalue weighted by Crippen LogP contribution is 2.25. The van der Waals surface area contributed by atoms with Crippen LogP contribution in [-0.2, 0) is 9.36 Å². The quantitative estimate of drug-likeness (QED) is 0.577. The number of aliphatic carboxylic acids is 1. The molecular formula is C5H11O4P. The van der Waals surface area contributed by atoms with E-state index in [-0.39, 0.29) is 13.0 Å². The highest BCUT2D eigenvalue weighted by Gasteiger charge is 2.19. The number of carboxylic acid groups (broad SMARTS) is 1. The topological polar surface area (TPSA) is 74.6 Å². The highest BCUT2D eigenvalue weighted by molar-refractivity contribution is 7.45. The van der Waals surface area contributed by atoms with E-state index in [1.807, 2.05) is 0 Å². The molecule has 0 spiro atoms. The molecule has 2 atom stereocenters. The molecule has 10 heavy (non-hydrogen) atoms. The number of rotatable bonds is 4. The van der Waals surface area contributed by atoms with E-state index in [2.05, 4.69) is 0 Å². The van der Waals surface area contributed by atoms with Gasteiger partial charge in [-0.25, -0.2) is 0 Å². The monoisotopic (exact) mass is 166 g/mol. The zero-order valence-corrected chi connectivity index (χ0v) is 6.70. The van der Waals surface area contributed by atoms with Crippen molar-refractivity contribution in [2.75, 3.05) is 13.3 Å². The number of hydrogen-bond donors (Lipinski definition) is 2. The SMILES string of the molecule is C[PH](=O)C(CCO)C(=O)O. The van der Waals surface area contributed by atoms with Gasteiger partial charge >= 0.3 is 5.97 Å². The molecule has 0 rings (SSSR count). The lowest BCUT2D eigenvalue weighted by atomic mass is 10.3. The Hall–Kier alpha value is -0.340. The van der Waals surface area contributed by atoms with Gasteiger partial charge in [0.05, 0.1) is 7.80 Å². The molecule has 0 bridgehead atoms. The maximum Gasteiger partial charge on any atom is 0.313 e. The predicted molar refractivity (Wildman–Crippen MR) is 38.1 cm³/mol. The molecule has 60 valence electrons. The Morgan fingerprint density at radius 2 is 2.20 bits per heavy atom. The zero-order chi connectivity index (χ0) is 8.15. The lowest BCUT2D eigenvalue weighted by Crippen LogP contribution is -2.17. The minimum absolute atomic E-state index is 0.0869. The number of carbonyl (C=O) groups is 1. The van der Waals surface area contributed by atoms with Crippen molar-refractivity contribution in [3.8, 4) is 0 Å². The first-order valence-corrected chi connectivity index (χ1v) is 4.92. The molecule has 2 N–H and O–H groups in total. The average molecular weight is 166 g/mol. The molecule has 5 heteroatoms. The summed E-state index contributed by atoms with van der Waals surface area (Å²) < 4.78 is 10.7. The van der Waals surface area contributed by atoms with Crippen molar-refractivity contribution in [2.45, 2.75) is 12.1 Å². The standard InChI is InChI=1S/C5H11O4P/c1-10(9)4(2-3-6)5(7)8/h4,6,10H,2-3H2,1H3,(H,7,8). The van der Waals surface area contributed by atoms with Crippen molar-refractivity contribution in [1.29, 1.82) is 0 Å². The van der Waals surface area contributed by atoms with Crippen molar-refractivity contribution in [1.82, 2.24) is 0 Å². The molecular weight excluding hydrogens is 155 g/mol. The number of aliphatic hydroxyl groups is 1. The van der Waals surface area contributed by atoms with Crippen LogP contribution >= 0.6 is 7.80 Å². The maximum absolute atomic E-state index is 10.7. The third-order valence-corrected chi connectivity index (χ3v) is 2.72. The van der Waals surface area contributed by atoms with Crippen LogP contribution in [0.4, 0.5) is 0 Å². The van der Waals surface area contributed by atoms with Crippen molar-refractivity contribution in [3.63, 3.8) is 0 Å². The smallest absolute Gasteiger partial charge is 0.313 e. The Bertz CT molecular complexity index is 131. The van der Waals surface area contributed by atoms with Gasteiger partial charge in [-0.3, -0.25) is 4.79 Å². The van der Waals surface area contributed by atoms with E-state index >= 15 is 0 Å². The second kappa shape index (κ2) is 4.47. The van der Waals surface area contributed by atoms with Crippen LogP contribution in [0.2, 0.25) is 0 Å². The van der Waals surface area contributed by atoms with Gasteiger partial charge in [-0.2, -0.15) is 0 Å². The van der Waals surface area contributed by atoms with Crippen LogP contribution in [0.3, 0.4) is 0 Å². The van der Waals surface area contributed by atoms with E-state index in [4.69, 9.17) is 10.2 Å².